The normalized spacial score (nSPS) is 11.3. The lowest BCUT2D eigenvalue weighted by atomic mass is 10.1. The fraction of sp³-hybridized carbons (Fsp3) is 0.571. The van der Waals surface area contributed by atoms with Crippen molar-refractivity contribution in [2.45, 2.75) is 38.5 Å². The van der Waals surface area contributed by atoms with Gasteiger partial charge in [0.25, 0.3) is 5.69 Å². The highest BCUT2D eigenvalue weighted by Gasteiger charge is 2.04. The van der Waals surface area contributed by atoms with Crippen LogP contribution < -0.4 is 4.74 Å². The summed E-state index contributed by atoms with van der Waals surface area (Å²) in [5.74, 6) is 0.609. The summed E-state index contributed by atoms with van der Waals surface area (Å²) in [7, 11) is -4.32. The molecular formula is C14H21NO7S. The van der Waals surface area contributed by atoms with Gasteiger partial charge in [0.1, 0.15) is 5.75 Å². The van der Waals surface area contributed by atoms with Crippen LogP contribution in [0.5, 0.6) is 5.75 Å². The van der Waals surface area contributed by atoms with Crippen molar-refractivity contribution in [3.05, 3.63) is 34.4 Å². The monoisotopic (exact) mass is 347 g/mol. The Kier molecular flexibility index (Phi) is 8.52. The predicted molar refractivity (Wildman–Crippen MR) is 83.8 cm³/mol. The Bertz CT molecular complexity index is 571. The average molecular weight is 347 g/mol. The molecule has 1 aromatic carbocycles. The number of non-ortho nitro benzene ring substituents is 1. The van der Waals surface area contributed by atoms with E-state index >= 15 is 0 Å². The minimum atomic E-state index is -4.32. The summed E-state index contributed by atoms with van der Waals surface area (Å²) in [5.41, 5.74) is 0.0373. The number of rotatable bonds is 12. The molecule has 0 aromatic heterocycles. The third kappa shape index (κ3) is 9.82. The molecule has 0 spiro atoms. The summed E-state index contributed by atoms with van der Waals surface area (Å²) >= 11 is 0. The van der Waals surface area contributed by atoms with Gasteiger partial charge in [-0.25, -0.2) is 4.18 Å². The Morgan fingerprint density at radius 3 is 2.00 bits per heavy atom. The van der Waals surface area contributed by atoms with Crippen LogP contribution in [0, 0.1) is 10.1 Å². The molecule has 0 atom stereocenters. The molecule has 0 saturated carbocycles. The van der Waals surface area contributed by atoms with Crippen molar-refractivity contribution in [2.24, 2.45) is 0 Å². The molecule has 0 unspecified atom stereocenters. The summed E-state index contributed by atoms with van der Waals surface area (Å²) in [6.45, 7) is 0.547. The number of benzene rings is 1. The molecule has 1 rings (SSSR count). The van der Waals surface area contributed by atoms with E-state index in [9.17, 15) is 18.5 Å². The second kappa shape index (κ2) is 10.1. The van der Waals surface area contributed by atoms with Gasteiger partial charge in [-0.05, 0) is 25.0 Å². The van der Waals surface area contributed by atoms with E-state index in [1.807, 2.05) is 0 Å². The van der Waals surface area contributed by atoms with Crippen molar-refractivity contribution in [3.8, 4) is 5.75 Å². The van der Waals surface area contributed by atoms with Crippen LogP contribution in [0.15, 0.2) is 24.3 Å². The van der Waals surface area contributed by atoms with E-state index in [-0.39, 0.29) is 12.3 Å². The highest BCUT2D eigenvalue weighted by atomic mass is 32.3. The van der Waals surface area contributed by atoms with Gasteiger partial charge in [0.15, 0.2) is 0 Å². The number of nitro groups is 1. The largest absolute Gasteiger partial charge is 0.494 e. The maximum Gasteiger partial charge on any atom is 0.397 e. The standard InChI is InChI=1S/C14H21NO7S/c16-15(17)13-7-9-14(10-8-13)21-11-5-3-1-2-4-6-12-22-23(18,19)20/h7-10H,1-6,11-12H2,(H,18,19,20). The van der Waals surface area contributed by atoms with E-state index in [0.29, 0.717) is 18.8 Å². The van der Waals surface area contributed by atoms with Crippen molar-refractivity contribution in [1.82, 2.24) is 0 Å². The van der Waals surface area contributed by atoms with Gasteiger partial charge in [-0.2, -0.15) is 8.42 Å². The molecule has 0 amide bonds. The van der Waals surface area contributed by atoms with Crippen LogP contribution in [0.4, 0.5) is 5.69 Å². The van der Waals surface area contributed by atoms with Gasteiger partial charge >= 0.3 is 10.4 Å². The Hall–Kier alpha value is -1.71. The van der Waals surface area contributed by atoms with Crippen molar-refractivity contribution in [3.63, 3.8) is 0 Å². The molecule has 1 aromatic rings. The van der Waals surface area contributed by atoms with Crippen LogP contribution in [0.3, 0.4) is 0 Å². The lowest BCUT2D eigenvalue weighted by Crippen LogP contribution is -2.04. The summed E-state index contributed by atoms with van der Waals surface area (Å²) < 4.78 is 38.6. The smallest absolute Gasteiger partial charge is 0.397 e. The zero-order chi connectivity index (χ0) is 17.1. The summed E-state index contributed by atoms with van der Waals surface area (Å²) in [6.07, 6.45) is 5.21. The van der Waals surface area contributed by atoms with E-state index < -0.39 is 15.3 Å². The number of nitrogens with zero attached hydrogens (tertiary/aromatic N) is 1. The second-order valence-electron chi connectivity index (χ2n) is 4.97. The van der Waals surface area contributed by atoms with Crippen molar-refractivity contribution < 1.29 is 26.8 Å². The molecule has 0 aliphatic heterocycles. The number of nitro benzene ring substituents is 1. The number of hydrogen-bond donors (Lipinski definition) is 1. The molecule has 1 N–H and O–H groups in total. The minimum Gasteiger partial charge on any atom is -0.494 e. The van der Waals surface area contributed by atoms with Gasteiger partial charge in [0.05, 0.1) is 18.1 Å². The topological polar surface area (TPSA) is 116 Å². The van der Waals surface area contributed by atoms with Crippen molar-refractivity contribution in [2.75, 3.05) is 13.2 Å². The third-order valence-corrected chi connectivity index (χ3v) is 3.55. The molecule has 0 aliphatic rings. The van der Waals surface area contributed by atoms with Crippen LogP contribution in [0.1, 0.15) is 38.5 Å². The highest BCUT2D eigenvalue weighted by Crippen LogP contribution is 2.17. The molecule has 23 heavy (non-hydrogen) atoms. The van der Waals surface area contributed by atoms with Gasteiger partial charge in [0.2, 0.25) is 0 Å². The molecule has 9 heteroatoms. The molecule has 0 aliphatic carbocycles. The highest BCUT2D eigenvalue weighted by molar-refractivity contribution is 7.80. The van der Waals surface area contributed by atoms with Gasteiger partial charge in [-0.1, -0.05) is 25.7 Å². The molecule has 130 valence electrons. The van der Waals surface area contributed by atoms with E-state index in [0.717, 1.165) is 32.1 Å². The number of ether oxygens (including phenoxy) is 1. The molecule has 0 radical (unpaired) electrons. The first-order chi connectivity index (χ1) is 10.9. The zero-order valence-corrected chi connectivity index (χ0v) is 13.5. The van der Waals surface area contributed by atoms with Crippen LogP contribution in [0.25, 0.3) is 0 Å². The van der Waals surface area contributed by atoms with E-state index in [1.165, 1.54) is 12.1 Å². The second-order valence-corrected chi connectivity index (χ2v) is 6.06. The van der Waals surface area contributed by atoms with E-state index in [1.54, 1.807) is 12.1 Å². The minimum absolute atomic E-state index is 0.00207. The van der Waals surface area contributed by atoms with E-state index in [4.69, 9.17) is 9.29 Å². The van der Waals surface area contributed by atoms with Crippen LogP contribution in [0.2, 0.25) is 0 Å². The average Bonchev–Trinajstić information content (AvgIpc) is 2.48. The van der Waals surface area contributed by atoms with Gasteiger partial charge < -0.3 is 4.74 Å². The first kappa shape index (κ1) is 19.3. The number of unbranched alkanes of at least 4 members (excludes halogenated alkanes) is 5. The Morgan fingerprint density at radius 2 is 1.48 bits per heavy atom. The Morgan fingerprint density at radius 1 is 0.957 bits per heavy atom. The maximum atomic E-state index is 10.5. The van der Waals surface area contributed by atoms with E-state index in [2.05, 4.69) is 4.18 Å². The molecule has 0 saturated heterocycles. The predicted octanol–water partition coefficient (Wildman–Crippen LogP) is 3.13. The summed E-state index contributed by atoms with van der Waals surface area (Å²) in [5, 5.41) is 10.5. The molecular weight excluding hydrogens is 326 g/mol. The van der Waals surface area contributed by atoms with Crippen LogP contribution in [-0.4, -0.2) is 31.1 Å². The Labute approximate surface area is 135 Å². The molecule has 0 bridgehead atoms. The van der Waals surface area contributed by atoms with Gasteiger partial charge in [-0.15, -0.1) is 0 Å². The maximum absolute atomic E-state index is 10.5. The third-order valence-electron chi connectivity index (χ3n) is 3.09. The first-order valence-electron chi connectivity index (χ1n) is 7.37. The lowest BCUT2D eigenvalue weighted by molar-refractivity contribution is -0.384. The van der Waals surface area contributed by atoms with Gasteiger partial charge in [0, 0.05) is 12.1 Å². The number of hydrogen-bond acceptors (Lipinski definition) is 6. The lowest BCUT2D eigenvalue weighted by Gasteiger charge is -2.06. The molecule has 0 fully saturated rings. The fourth-order valence-electron chi connectivity index (χ4n) is 1.93. The SMILES string of the molecule is O=[N+]([O-])c1ccc(OCCCCCCCCOS(=O)(=O)O)cc1. The van der Waals surface area contributed by atoms with Crippen molar-refractivity contribution in [1.29, 1.82) is 0 Å². The van der Waals surface area contributed by atoms with Gasteiger partial charge in [-0.3, -0.25) is 14.7 Å². The van der Waals surface area contributed by atoms with Crippen molar-refractivity contribution >= 4 is 16.1 Å². The summed E-state index contributed by atoms with van der Waals surface area (Å²) in [4.78, 5) is 10.0. The Balaban J connectivity index is 1.98. The van der Waals surface area contributed by atoms with Crippen LogP contribution in [-0.2, 0) is 14.6 Å². The fourth-order valence-corrected chi connectivity index (χ4v) is 2.26. The molecule has 8 nitrogen and oxygen atoms in total. The zero-order valence-electron chi connectivity index (χ0n) is 12.7. The van der Waals surface area contributed by atoms with Crippen LogP contribution >= 0.6 is 0 Å². The molecule has 0 heterocycles. The summed E-state index contributed by atoms with van der Waals surface area (Å²) in [6, 6.07) is 5.97. The quantitative estimate of drug-likeness (QED) is 0.267. The first-order valence-corrected chi connectivity index (χ1v) is 8.74.